The zero-order valence-electron chi connectivity index (χ0n) is 12.5. The Kier molecular flexibility index (Phi) is 5.49. The topological polar surface area (TPSA) is 50.4 Å². The minimum Gasteiger partial charge on any atom is -0.496 e. The van der Waals surface area contributed by atoms with Crippen LogP contribution in [-0.4, -0.2) is 18.1 Å². The van der Waals surface area contributed by atoms with Gasteiger partial charge >= 0.3 is 0 Å². The van der Waals surface area contributed by atoms with Crippen LogP contribution < -0.4 is 15.4 Å². The number of carbonyl (C=O) groups excluding carboxylic acids is 1. The summed E-state index contributed by atoms with van der Waals surface area (Å²) in [6.07, 6.45) is 0. The Morgan fingerprint density at radius 2 is 1.73 bits per heavy atom. The summed E-state index contributed by atoms with van der Waals surface area (Å²) in [5.74, 6) is 0.217. The van der Waals surface area contributed by atoms with E-state index in [0.717, 1.165) is 5.56 Å². The Morgan fingerprint density at radius 3 is 2.41 bits per heavy atom. The van der Waals surface area contributed by atoms with Gasteiger partial charge in [0.05, 0.1) is 18.7 Å². The normalized spacial score (nSPS) is 11.4. The van der Waals surface area contributed by atoms with E-state index < -0.39 is 0 Å². The number of para-hydroxylation sites is 1. The molecule has 114 valence electrons. The third kappa shape index (κ3) is 4.05. The van der Waals surface area contributed by atoms with E-state index in [1.54, 1.807) is 18.2 Å². The lowest BCUT2D eigenvalue weighted by molar-refractivity contribution is 0.0973. The van der Waals surface area contributed by atoms with Crippen LogP contribution in [0.4, 0.5) is 0 Å². The Bertz CT molecular complexity index is 659. The molecule has 1 unspecified atom stereocenters. The molecule has 0 aromatic heterocycles. The van der Waals surface area contributed by atoms with Crippen LogP contribution in [0.2, 0.25) is 0 Å². The maximum atomic E-state index is 12.2. The zero-order valence-corrected chi connectivity index (χ0v) is 13.3. The predicted molar refractivity (Wildman–Crippen MR) is 91.1 cm³/mol. The SMILES string of the molecule is COc1ccccc1C(=O)NC(=S)NC(C)c1ccccc1. The van der Waals surface area contributed by atoms with Crippen LogP contribution >= 0.6 is 12.2 Å². The highest BCUT2D eigenvalue weighted by Gasteiger charge is 2.14. The highest BCUT2D eigenvalue weighted by Crippen LogP contribution is 2.17. The maximum absolute atomic E-state index is 12.2. The van der Waals surface area contributed by atoms with Gasteiger partial charge in [0.15, 0.2) is 5.11 Å². The Hall–Kier alpha value is -2.40. The molecular weight excluding hydrogens is 296 g/mol. The van der Waals surface area contributed by atoms with Crippen molar-refractivity contribution in [3.63, 3.8) is 0 Å². The van der Waals surface area contributed by atoms with Crippen molar-refractivity contribution in [2.45, 2.75) is 13.0 Å². The Labute approximate surface area is 135 Å². The summed E-state index contributed by atoms with van der Waals surface area (Å²) in [6.45, 7) is 1.98. The fourth-order valence-corrected chi connectivity index (χ4v) is 2.33. The number of nitrogens with one attached hydrogen (secondary N) is 2. The van der Waals surface area contributed by atoms with Gasteiger partial charge in [-0.15, -0.1) is 0 Å². The lowest BCUT2D eigenvalue weighted by Gasteiger charge is -2.17. The first-order valence-electron chi connectivity index (χ1n) is 6.91. The number of thiocarbonyl (C=S) groups is 1. The molecule has 0 spiro atoms. The maximum Gasteiger partial charge on any atom is 0.261 e. The summed E-state index contributed by atoms with van der Waals surface area (Å²) < 4.78 is 5.17. The zero-order chi connectivity index (χ0) is 15.9. The van der Waals surface area contributed by atoms with Crippen molar-refractivity contribution in [2.24, 2.45) is 0 Å². The molecule has 0 radical (unpaired) electrons. The molecule has 2 aromatic rings. The largest absolute Gasteiger partial charge is 0.496 e. The van der Waals surface area contributed by atoms with E-state index in [9.17, 15) is 4.79 Å². The van der Waals surface area contributed by atoms with E-state index in [2.05, 4.69) is 10.6 Å². The van der Waals surface area contributed by atoms with Crippen molar-refractivity contribution < 1.29 is 9.53 Å². The monoisotopic (exact) mass is 314 g/mol. The van der Waals surface area contributed by atoms with Crippen molar-refractivity contribution in [3.05, 3.63) is 65.7 Å². The van der Waals surface area contributed by atoms with Gasteiger partial charge in [-0.25, -0.2) is 0 Å². The first-order valence-corrected chi connectivity index (χ1v) is 7.32. The molecule has 1 atom stereocenters. The van der Waals surface area contributed by atoms with Crippen molar-refractivity contribution in [3.8, 4) is 5.75 Å². The van der Waals surface area contributed by atoms with Crippen LogP contribution in [0.15, 0.2) is 54.6 Å². The number of amides is 1. The lowest BCUT2D eigenvalue weighted by Crippen LogP contribution is -2.40. The average Bonchev–Trinajstić information content (AvgIpc) is 2.55. The van der Waals surface area contributed by atoms with Crippen LogP contribution in [0.5, 0.6) is 5.75 Å². The quantitative estimate of drug-likeness (QED) is 0.852. The van der Waals surface area contributed by atoms with Crippen LogP contribution in [0.1, 0.15) is 28.9 Å². The third-order valence-electron chi connectivity index (χ3n) is 3.23. The molecule has 0 saturated heterocycles. The van der Waals surface area contributed by atoms with E-state index in [0.29, 0.717) is 11.3 Å². The number of carbonyl (C=O) groups is 1. The summed E-state index contributed by atoms with van der Waals surface area (Å²) >= 11 is 5.20. The van der Waals surface area contributed by atoms with Gasteiger partial charge in [0.25, 0.3) is 5.91 Å². The summed E-state index contributed by atoms with van der Waals surface area (Å²) in [6, 6.07) is 16.9. The number of rotatable bonds is 4. The van der Waals surface area contributed by atoms with E-state index in [1.165, 1.54) is 7.11 Å². The summed E-state index contributed by atoms with van der Waals surface area (Å²) in [5.41, 5.74) is 1.54. The second kappa shape index (κ2) is 7.56. The van der Waals surface area contributed by atoms with E-state index in [-0.39, 0.29) is 17.1 Å². The van der Waals surface area contributed by atoms with Crippen molar-refractivity contribution in [2.75, 3.05) is 7.11 Å². The van der Waals surface area contributed by atoms with Crippen molar-refractivity contribution >= 4 is 23.2 Å². The van der Waals surface area contributed by atoms with Gasteiger partial charge in [-0.3, -0.25) is 10.1 Å². The number of ether oxygens (including phenoxy) is 1. The Morgan fingerprint density at radius 1 is 1.09 bits per heavy atom. The molecule has 0 fully saturated rings. The van der Waals surface area contributed by atoms with Crippen LogP contribution in [-0.2, 0) is 0 Å². The van der Waals surface area contributed by atoms with E-state index in [1.807, 2.05) is 43.3 Å². The second-order valence-electron chi connectivity index (χ2n) is 4.76. The molecule has 0 aliphatic carbocycles. The molecule has 1 amide bonds. The minimum atomic E-state index is -0.296. The van der Waals surface area contributed by atoms with Crippen LogP contribution in [0, 0.1) is 0 Å². The smallest absolute Gasteiger partial charge is 0.261 e. The number of hydrogen-bond acceptors (Lipinski definition) is 3. The molecule has 5 heteroatoms. The van der Waals surface area contributed by atoms with Crippen molar-refractivity contribution in [1.82, 2.24) is 10.6 Å². The summed E-state index contributed by atoms with van der Waals surface area (Å²) in [7, 11) is 1.53. The predicted octanol–water partition coefficient (Wildman–Crippen LogP) is 3.06. The standard InChI is InChI=1S/C17H18N2O2S/c1-12(13-8-4-3-5-9-13)18-17(22)19-16(20)14-10-6-7-11-15(14)21-2/h3-12H,1-2H3,(H2,18,19,20,22). The van der Waals surface area contributed by atoms with Gasteiger partial charge < -0.3 is 10.1 Å². The highest BCUT2D eigenvalue weighted by molar-refractivity contribution is 7.80. The first-order chi connectivity index (χ1) is 10.6. The summed E-state index contributed by atoms with van der Waals surface area (Å²) in [4.78, 5) is 12.2. The van der Waals surface area contributed by atoms with Crippen LogP contribution in [0.25, 0.3) is 0 Å². The molecule has 0 aliphatic rings. The molecule has 0 saturated carbocycles. The van der Waals surface area contributed by atoms with Crippen LogP contribution in [0.3, 0.4) is 0 Å². The molecule has 0 aliphatic heterocycles. The molecule has 0 heterocycles. The molecule has 2 N–H and O–H groups in total. The molecule has 22 heavy (non-hydrogen) atoms. The lowest BCUT2D eigenvalue weighted by atomic mass is 10.1. The van der Waals surface area contributed by atoms with Gasteiger partial charge in [0.2, 0.25) is 0 Å². The minimum absolute atomic E-state index is 0.00617. The fourth-order valence-electron chi connectivity index (χ4n) is 2.06. The van der Waals surface area contributed by atoms with E-state index >= 15 is 0 Å². The molecule has 4 nitrogen and oxygen atoms in total. The highest BCUT2D eigenvalue weighted by atomic mass is 32.1. The number of methoxy groups -OCH3 is 1. The van der Waals surface area contributed by atoms with Crippen molar-refractivity contribution in [1.29, 1.82) is 0 Å². The number of hydrogen-bond donors (Lipinski definition) is 2. The average molecular weight is 314 g/mol. The van der Waals surface area contributed by atoms with Gasteiger partial charge in [-0.05, 0) is 36.8 Å². The number of benzene rings is 2. The molecule has 2 rings (SSSR count). The Balaban J connectivity index is 1.98. The molecule has 0 bridgehead atoms. The first kappa shape index (κ1) is 16.0. The van der Waals surface area contributed by atoms with E-state index in [4.69, 9.17) is 17.0 Å². The van der Waals surface area contributed by atoms with Gasteiger partial charge in [0.1, 0.15) is 5.75 Å². The fraction of sp³-hybridized carbons (Fsp3) is 0.176. The summed E-state index contributed by atoms with van der Waals surface area (Å²) in [5, 5.41) is 6.05. The van der Waals surface area contributed by atoms with Gasteiger partial charge in [0, 0.05) is 0 Å². The molecule has 2 aromatic carbocycles. The third-order valence-corrected chi connectivity index (χ3v) is 3.45. The second-order valence-corrected chi connectivity index (χ2v) is 5.17. The molecular formula is C17H18N2O2S. The van der Waals surface area contributed by atoms with Gasteiger partial charge in [-0.2, -0.15) is 0 Å². The van der Waals surface area contributed by atoms with Gasteiger partial charge in [-0.1, -0.05) is 42.5 Å².